The van der Waals surface area contributed by atoms with Gasteiger partial charge in [-0.1, -0.05) is 6.07 Å². The van der Waals surface area contributed by atoms with Gasteiger partial charge in [0.15, 0.2) is 0 Å². The number of anilines is 1. The van der Waals surface area contributed by atoms with Crippen LogP contribution in [0.4, 0.5) is 5.69 Å². The summed E-state index contributed by atoms with van der Waals surface area (Å²) in [5.41, 5.74) is 4.30. The molecule has 0 unspecified atom stereocenters. The Morgan fingerprint density at radius 1 is 1.21 bits per heavy atom. The van der Waals surface area contributed by atoms with Gasteiger partial charge in [-0.2, -0.15) is 11.3 Å². The number of ketones is 1. The van der Waals surface area contributed by atoms with Crippen molar-refractivity contribution in [3.8, 4) is 0 Å². The summed E-state index contributed by atoms with van der Waals surface area (Å²) in [6, 6.07) is 5.83. The number of carbonyl (C=O) groups is 2. The summed E-state index contributed by atoms with van der Waals surface area (Å²) in [6.07, 6.45) is 0. The van der Waals surface area contributed by atoms with Crippen molar-refractivity contribution in [2.24, 2.45) is 0 Å². The molecule has 1 aliphatic rings. The molecule has 1 amide bonds. The molecule has 3 nitrogen and oxygen atoms in total. The molecule has 19 heavy (non-hydrogen) atoms. The van der Waals surface area contributed by atoms with E-state index in [2.05, 4.69) is 0 Å². The molecule has 3 rings (SSSR count). The number of hydrogen-bond donors (Lipinski definition) is 0. The van der Waals surface area contributed by atoms with Crippen molar-refractivity contribution in [2.45, 2.75) is 20.4 Å². The van der Waals surface area contributed by atoms with E-state index in [9.17, 15) is 9.59 Å². The second-order valence-electron chi connectivity index (χ2n) is 4.83. The highest BCUT2D eigenvalue weighted by Crippen LogP contribution is 2.33. The van der Waals surface area contributed by atoms with E-state index in [0.29, 0.717) is 12.1 Å². The maximum absolute atomic E-state index is 12.1. The highest BCUT2D eigenvalue weighted by Gasteiger charge is 2.37. The van der Waals surface area contributed by atoms with E-state index in [4.69, 9.17) is 0 Å². The predicted molar refractivity (Wildman–Crippen MR) is 75.8 cm³/mol. The van der Waals surface area contributed by atoms with Gasteiger partial charge in [0.2, 0.25) is 0 Å². The second kappa shape index (κ2) is 4.31. The van der Waals surface area contributed by atoms with Gasteiger partial charge in [0, 0.05) is 0 Å². The van der Waals surface area contributed by atoms with Gasteiger partial charge >= 0.3 is 0 Å². The molecule has 1 aliphatic heterocycles. The molecule has 2 heterocycles. The zero-order valence-electron chi connectivity index (χ0n) is 10.8. The van der Waals surface area contributed by atoms with Gasteiger partial charge in [0.1, 0.15) is 0 Å². The lowest BCUT2D eigenvalue weighted by Gasteiger charge is -2.16. The van der Waals surface area contributed by atoms with Gasteiger partial charge in [0.05, 0.1) is 17.8 Å². The Kier molecular flexibility index (Phi) is 2.75. The minimum Gasteiger partial charge on any atom is -0.300 e. The van der Waals surface area contributed by atoms with Gasteiger partial charge in [0.25, 0.3) is 11.7 Å². The summed E-state index contributed by atoms with van der Waals surface area (Å²) in [5.74, 6) is -0.808. The Hall–Kier alpha value is -1.94. The minimum absolute atomic E-state index is 0.386. The largest absolute Gasteiger partial charge is 0.300 e. The highest BCUT2D eigenvalue weighted by molar-refractivity contribution is 7.07. The van der Waals surface area contributed by atoms with Gasteiger partial charge in [-0.25, -0.2) is 0 Å². The van der Waals surface area contributed by atoms with Crippen LogP contribution >= 0.6 is 11.3 Å². The molecular weight excluding hydrogens is 258 g/mol. The number of fused-ring (bicyclic) bond motifs is 1. The Bertz CT molecular complexity index is 674. The zero-order chi connectivity index (χ0) is 13.6. The lowest BCUT2D eigenvalue weighted by Crippen LogP contribution is -2.28. The number of carbonyl (C=O) groups excluding carboxylic acids is 2. The number of thiophene rings is 1. The van der Waals surface area contributed by atoms with Crippen LogP contribution in [-0.2, 0) is 11.3 Å². The van der Waals surface area contributed by atoms with Crippen LogP contribution in [0.1, 0.15) is 27.0 Å². The van der Waals surface area contributed by atoms with Crippen LogP contribution in [0.25, 0.3) is 0 Å². The first-order valence-electron chi connectivity index (χ1n) is 6.06. The van der Waals surface area contributed by atoms with Gasteiger partial charge in [-0.05, 0) is 53.4 Å². The Morgan fingerprint density at radius 3 is 2.68 bits per heavy atom. The molecule has 4 heteroatoms. The SMILES string of the molecule is Cc1cc(C)c2c(c1)N(Cc1ccsc1)C(=O)C2=O. The molecule has 0 saturated heterocycles. The normalized spacial score (nSPS) is 14.1. The van der Waals surface area contributed by atoms with Gasteiger partial charge in [-0.3, -0.25) is 9.59 Å². The number of Topliss-reactive ketones (excluding diaryl/α,β-unsaturated/α-hetero) is 1. The Labute approximate surface area is 115 Å². The summed E-state index contributed by atoms with van der Waals surface area (Å²) >= 11 is 1.59. The molecule has 1 aromatic carbocycles. The van der Waals surface area contributed by atoms with Crippen LogP contribution in [-0.4, -0.2) is 11.7 Å². The Balaban J connectivity index is 2.09. The summed E-state index contributed by atoms with van der Waals surface area (Å²) in [4.78, 5) is 25.8. The van der Waals surface area contributed by atoms with Crippen molar-refractivity contribution in [1.82, 2.24) is 0 Å². The highest BCUT2D eigenvalue weighted by atomic mass is 32.1. The van der Waals surface area contributed by atoms with Crippen LogP contribution in [0.2, 0.25) is 0 Å². The van der Waals surface area contributed by atoms with E-state index >= 15 is 0 Å². The molecule has 0 fully saturated rings. The Morgan fingerprint density at radius 2 is 2.00 bits per heavy atom. The lowest BCUT2D eigenvalue weighted by molar-refractivity contribution is -0.114. The number of benzene rings is 1. The molecule has 1 aromatic heterocycles. The summed E-state index contributed by atoms with van der Waals surface area (Å²) in [5, 5.41) is 3.97. The third-order valence-electron chi connectivity index (χ3n) is 3.34. The van der Waals surface area contributed by atoms with Crippen molar-refractivity contribution in [3.63, 3.8) is 0 Å². The van der Waals surface area contributed by atoms with Gasteiger partial charge in [-0.15, -0.1) is 0 Å². The molecule has 0 atom stereocenters. The van der Waals surface area contributed by atoms with E-state index in [-0.39, 0.29) is 5.78 Å². The number of aryl methyl sites for hydroxylation is 2. The third kappa shape index (κ3) is 1.88. The molecule has 2 aromatic rings. The second-order valence-corrected chi connectivity index (χ2v) is 5.61. The molecular formula is C15H13NO2S. The summed E-state index contributed by atoms with van der Waals surface area (Å²) < 4.78 is 0. The first-order valence-corrected chi connectivity index (χ1v) is 7.00. The molecule has 96 valence electrons. The van der Waals surface area contributed by atoms with Crippen molar-refractivity contribution in [3.05, 3.63) is 51.2 Å². The number of rotatable bonds is 2. The minimum atomic E-state index is -0.421. The lowest BCUT2D eigenvalue weighted by atomic mass is 10.0. The first kappa shape index (κ1) is 12.1. The molecule has 0 radical (unpaired) electrons. The number of hydrogen-bond acceptors (Lipinski definition) is 3. The van der Waals surface area contributed by atoms with E-state index < -0.39 is 5.91 Å². The standard InChI is InChI=1S/C15H13NO2S/c1-9-5-10(2)13-12(6-9)16(15(18)14(13)17)7-11-3-4-19-8-11/h3-6,8H,7H2,1-2H3. The molecule has 0 saturated carbocycles. The summed E-state index contributed by atoms with van der Waals surface area (Å²) in [7, 11) is 0. The van der Waals surface area contributed by atoms with Gasteiger partial charge < -0.3 is 4.90 Å². The van der Waals surface area contributed by atoms with Crippen molar-refractivity contribution < 1.29 is 9.59 Å². The average molecular weight is 271 g/mol. The quantitative estimate of drug-likeness (QED) is 0.787. The van der Waals surface area contributed by atoms with E-state index in [1.165, 1.54) is 0 Å². The first-order chi connectivity index (χ1) is 9.08. The molecule has 0 N–H and O–H groups in total. The maximum Gasteiger partial charge on any atom is 0.299 e. The molecule has 0 bridgehead atoms. The van der Waals surface area contributed by atoms with E-state index in [1.807, 2.05) is 42.8 Å². The fraction of sp³-hybridized carbons (Fsp3) is 0.200. The van der Waals surface area contributed by atoms with Crippen molar-refractivity contribution in [1.29, 1.82) is 0 Å². The number of nitrogens with zero attached hydrogens (tertiary/aromatic N) is 1. The number of amides is 1. The fourth-order valence-electron chi connectivity index (χ4n) is 2.51. The van der Waals surface area contributed by atoms with Crippen LogP contribution in [0, 0.1) is 13.8 Å². The average Bonchev–Trinajstić information content (AvgIpc) is 2.93. The zero-order valence-corrected chi connectivity index (χ0v) is 11.6. The molecule has 0 spiro atoms. The van der Waals surface area contributed by atoms with Crippen LogP contribution in [0.15, 0.2) is 29.0 Å². The summed E-state index contributed by atoms with van der Waals surface area (Å²) in [6.45, 7) is 4.32. The fourth-order valence-corrected chi connectivity index (χ4v) is 3.17. The van der Waals surface area contributed by atoms with Crippen LogP contribution < -0.4 is 4.90 Å². The van der Waals surface area contributed by atoms with Crippen molar-refractivity contribution >= 4 is 28.7 Å². The van der Waals surface area contributed by atoms with Crippen molar-refractivity contribution in [2.75, 3.05) is 4.90 Å². The van der Waals surface area contributed by atoms with Crippen LogP contribution in [0.5, 0.6) is 0 Å². The van der Waals surface area contributed by atoms with Crippen LogP contribution in [0.3, 0.4) is 0 Å². The smallest absolute Gasteiger partial charge is 0.299 e. The van der Waals surface area contributed by atoms with E-state index in [0.717, 1.165) is 22.4 Å². The predicted octanol–water partition coefficient (Wildman–Crippen LogP) is 3.09. The molecule has 0 aliphatic carbocycles. The topological polar surface area (TPSA) is 37.4 Å². The van der Waals surface area contributed by atoms with E-state index in [1.54, 1.807) is 16.2 Å². The third-order valence-corrected chi connectivity index (χ3v) is 4.07. The monoisotopic (exact) mass is 271 g/mol. The maximum atomic E-state index is 12.1.